The highest BCUT2D eigenvalue weighted by Crippen LogP contribution is 2.21. The quantitative estimate of drug-likeness (QED) is 0.0320. The van der Waals surface area contributed by atoms with Gasteiger partial charge in [0.2, 0.25) is 5.91 Å². The third-order valence-electron chi connectivity index (χ3n) is 20.4. The molecule has 556 valence electrons. The second-order valence-electron chi connectivity index (χ2n) is 29.9. The molecule has 0 aromatic carbocycles. The van der Waals surface area contributed by atoms with Crippen molar-refractivity contribution in [2.45, 2.75) is 501 Å². The van der Waals surface area contributed by atoms with Gasteiger partial charge in [-0.25, -0.2) is 0 Å². The van der Waals surface area contributed by atoms with Crippen LogP contribution in [0.5, 0.6) is 0 Å². The maximum absolute atomic E-state index is 12.6. The number of carbonyl (C=O) groups excluding carboxylic acids is 2. The highest BCUT2D eigenvalue weighted by molar-refractivity contribution is 5.76. The fourth-order valence-electron chi connectivity index (χ4n) is 13.8. The van der Waals surface area contributed by atoms with Crippen molar-refractivity contribution in [1.82, 2.24) is 5.32 Å². The Labute approximate surface area is 589 Å². The molecule has 0 radical (unpaired) electrons. The van der Waals surface area contributed by atoms with E-state index in [0.29, 0.717) is 19.4 Å². The molecule has 1 amide bonds. The smallest absolute Gasteiger partial charge is 0.305 e. The Bertz CT molecular complexity index is 1520. The lowest BCUT2D eigenvalue weighted by Gasteiger charge is -2.20. The van der Waals surface area contributed by atoms with Crippen molar-refractivity contribution in [2.75, 3.05) is 13.2 Å². The summed E-state index contributed by atoms with van der Waals surface area (Å²) in [7, 11) is 0. The van der Waals surface area contributed by atoms with Gasteiger partial charge in [-0.2, -0.15) is 0 Å². The first-order valence-corrected chi connectivity index (χ1v) is 43.3. The van der Waals surface area contributed by atoms with Crippen LogP contribution < -0.4 is 5.32 Å². The molecule has 0 aliphatic rings. The summed E-state index contributed by atoms with van der Waals surface area (Å²) in [5.41, 5.74) is 0. The minimum absolute atomic E-state index is 0.0220. The second-order valence-corrected chi connectivity index (χ2v) is 29.9. The molecule has 0 rings (SSSR count). The zero-order valence-electron chi connectivity index (χ0n) is 64.0. The molecule has 0 aromatic rings. The maximum Gasteiger partial charge on any atom is 0.305 e. The molecule has 0 bridgehead atoms. The summed E-state index contributed by atoms with van der Waals surface area (Å²) in [6.07, 6.45) is 110. The average Bonchev–Trinajstić information content (AvgIpc) is 3.63. The van der Waals surface area contributed by atoms with E-state index in [4.69, 9.17) is 4.74 Å². The Morgan fingerprint density at radius 2 is 0.532 bits per heavy atom. The number of amides is 1. The maximum atomic E-state index is 12.6. The first-order chi connectivity index (χ1) is 46.5. The Hall–Kier alpha value is -1.92. The van der Waals surface area contributed by atoms with Crippen LogP contribution in [-0.2, 0) is 14.3 Å². The van der Waals surface area contributed by atoms with Gasteiger partial charge in [-0.3, -0.25) is 9.59 Å². The van der Waals surface area contributed by atoms with Gasteiger partial charge in [0.1, 0.15) is 0 Å². The van der Waals surface area contributed by atoms with E-state index in [0.717, 1.165) is 44.9 Å². The minimum Gasteiger partial charge on any atom is -0.466 e. The molecule has 0 aliphatic heterocycles. The summed E-state index contributed by atoms with van der Waals surface area (Å²) < 4.78 is 5.52. The summed E-state index contributed by atoms with van der Waals surface area (Å²) >= 11 is 0. The Morgan fingerprint density at radius 1 is 0.298 bits per heavy atom. The van der Waals surface area contributed by atoms with E-state index in [1.54, 1.807) is 6.08 Å². The summed E-state index contributed by atoms with van der Waals surface area (Å²) in [4.78, 5) is 24.7. The number of ether oxygens (including phenoxy) is 1. The SMILES string of the molecule is CCCCCCCCCCCCCCCCCCCCCCCC/C=C/C(O)C(CO)NC(=O)CCCCCCCCCCCCCCCCCCC/C=C\C/C=C\CCCCCCCCCCCCCOC(=O)CCCCCCCCCCCCCCCCCCCC. The van der Waals surface area contributed by atoms with Crippen molar-refractivity contribution in [3.63, 3.8) is 0 Å². The molecule has 0 aromatic heterocycles. The molecule has 94 heavy (non-hydrogen) atoms. The predicted molar refractivity (Wildman–Crippen MR) is 416 cm³/mol. The molecule has 2 unspecified atom stereocenters. The van der Waals surface area contributed by atoms with Crippen molar-refractivity contribution in [2.24, 2.45) is 0 Å². The normalized spacial score (nSPS) is 12.6. The first-order valence-electron chi connectivity index (χ1n) is 43.3. The van der Waals surface area contributed by atoms with Crippen molar-refractivity contribution < 1.29 is 24.5 Å². The van der Waals surface area contributed by atoms with Gasteiger partial charge in [0.15, 0.2) is 0 Å². The Morgan fingerprint density at radius 3 is 0.809 bits per heavy atom. The number of aliphatic hydroxyl groups excluding tert-OH is 2. The van der Waals surface area contributed by atoms with Gasteiger partial charge in [0.05, 0.1) is 25.4 Å². The summed E-state index contributed by atoms with van der Waals surface area (Å²) in [6.45, 7) is 4.97. The monoisotopic (exact) mass is 1320 g/mol. The number of esters is 1. The number of allylic oxidation sites excluding steroid dienone is 5. The van der Waals surface area contributed by atoms with Gasteiger partial charge in [0, 0.05) is 12.8 Å². The van der Waals surface area contributed by atoms with Gasteiger partial charge >= 0.3 is 5.97 Å². The number of hydrogen-bond donors (Lipinski definition) is 3. The third kappa shape index (κ3) is 79.1. The molecular weight excluding hydrogens is 1150 g/mol. The van der Waals surface area contributed by atoms with E-state index in [2.05, 4.69) is 43.5 Å². The topological polar surface area (TPSA) is 95.9 Å². The van der Waals surface area contributed by atoms with E-state index in [-0.39, 0.29) is 18.5 Å². The molecule has 2 atom stereocenters. The lowest BCUT2D eigenvalue weighted by atomic mass is 10.0. The van der Waals surface area contributed by atoms with Crippen LogP contribution in [0.4, 0.5) is 0 Å². The second kappa shape index (κ2) is 83.5. The number of hydrogen-bond acceptors (Lipinski definition) is 5. The zero-order chi connectivity index (χ0) is 67.7. The molecule has 6 nitrogen and oxygen atoms in total. The Balaban J connectivity index is 3.38. The minimum atomic E-state index is -0.845. The molecule has 0 aliphatic carbocycles. The van der Waals surface area contributed by atoms with Crippen LogP contribution in [0, 0.1) is 0 Å². The van der Waals surface area contributed by atoms with Crippen molar-refractivity contribution in [3.8, 4) is 0 Å². The fraction of sp³-hybridized carbons (Fsp3) is 0.909. The zero-order valence-corrected chi connectivity index (χ0v) is 64.0. The highest BCUT2D eigenvalue weighted by atomic mass is 16.5. The first kappa shape index (κ1) is 92.1. The van der Waals surface area contributed by atoms with Crippen LogP contribution in [0.2, 0.25) is 0 Å². The van der Waals surface area contributed by atoms with Crippen molar-refractivity contribution in [1.29, 1.82) is 0 Å². The highest BCUT2D eigenvalue weighted by Gasteiger charge is 2.18. The number of nitrogens with one attached hydrogen (secondary N) is 1. The van der Waals surface area contributed by atoms with E-state index in [9.17, 15) is 19.8 Å². The largest absolute Gasteiger partial charge is 0.466 e. The van der Waals surface area contributed by atoms with Crippen LogP contribution >= 0.6 is 0 Å². The van der Waals surface area contributed by atoms with E-state index in [1.807, 2.05) is 6.08 Å². The van der Waals surface area contributed by atoms with Gasteiger partial charge < -0.3 is 20.3 Å². The molecule has 0 saturated carbocycles. The fourth-order valence-corrected chi connectivity index (χ4v) is 13.8. The van der Waals surface area contributed by atoms with E-state index < -0.39 is 12.1 Å². The molecule has 0 fully saturated rings. The third-order valence-corrected chi connectivity index (χ3v) is 20.4. The van der Waals surface area contributed by atoms with Gasteiger partial charge in [-0.15, -0.1) is 0 Å². The molecule has 3 N–H and O–H groups in total. The van der Waals surface area contributed by atoms with Crippen molar-refractivity contribution in [3.05, 3.63) is 36.5 Å². The standard InChI is InChI=1S/C88H169NO5/c1-3-5-7-9-11-13-15-17-19-21-23-24-25-39-42-45-48-52-56-60-64-68-72-76-80-86(91)85(84-90)89-87(92)81-77-73-69-65-61-57-53-49-46-43-40-37-35-33-31-29-27-26-28-30-32-34-36-38-41-44-47-51-55-59-63-67-71-75-79-83-94-88(93)82-78-74-70-66-62-58-54-50-22-20-18-16-14-12-10-8-6-4-2/h28,30,34,36,76,80,85-86,90-91H,3-27,29,31-33,35,37-75,77-79,81-84H2,1-2H3,(H,89,92)/b30-28-,36-34-,80-76+. The molecule has 6 heteroatoms. The van der Waals surface area contributed by atoms with Crippen LogP contribution in [0.3, 0.4) is 0 Å². The van der Waals surface area contributed by atoms with Gasteiger partial charge in [-0.1, -0.05) is 448 Å². The van der Waals surface area contributed by atoms with Crippen LogP contribution in [0.25, 0.3) is 0 Å². The molecule has 0 heterocycles. The average molecular weight is 1320 g/mol. The van der Waals surface area contributed by atoms with E-state index in [1.165, 1.54) is 417 Å². The van der Waals surface area contributed by atoms with E-state index >= 15 is 0 Å². The number of carbonyl (C=O) groups is 2. The molecule has 0 spiro atoms. The predicted octanol–water partition coefficient (Wildman–Crippen LogP) is 28.9. The molecule has 0 saturated heterocycles. The number of unbranched alkanes of at least 4 members (excludes halogenated alkanes) is 67. The summed E-state index contributed by atoms with van der Waals surface area (Å²) in [6, 6.07) is -0.628. The van der Waals surface area contributed by atoms with Gasteiger partial charge in [0.25, 0.3) is 0 Å². The van der Waals surface area contributed by atoms with Crippen molar-refractivity contribution >= 4 is 11.9 Å². The number of aliphatic hydroxyl groups is 2. The summed E-state index contributed by atoms with van der Waals surface area (Å²) in [5.74, 6) is -0.0382. The lowest BCUT2D eigenvalue weighted by Crippen LogP contribution is -2.45. The summed E-state index contributed by atoms with van der Waals surface area (Å²) in [5, 5.41) is 23.3. The van der Waals surface area contributed by atoms with Gasteiger partial charge in [-0.05, 0) is 64.2 Å². The lowest BCUT2D eigenvalue weighted by molar-refractivity contribution is -0.143. The Kier molecular flexibility index (Phi) is 81.8. The van der Waals surface area contributed by atoms with Crippen LogP contribution in [0.15, 0.2) is 36.5 Å². The molecular formula is C88H169NO5. The van der Waals surface area contributed by atoms with Crippen LogP contribution in [0.1, 0.15) is 489 Å². The number of rotatable bonds is 82. The van der Waals surface area contributed by atoms with Crippen LogP contribution in [-0.4, -0.2) is 47.4 Å².